The minimum absolute atomic E-state index is 0.153. The lowest BCUT2D eigenvalue weighted by molar-refractivity contribution is 0.645. The van der Waals surface area contributed by atoms with Gasteiger partial charge in [0, 0.05) is 18.1 Å². The predicted octanol–water partition coefficient (Wildman–Crippen LogP) is 5.55. The summed E-state index contributed by atoms with van der Waals surface area (Å²) in [6.07, 6.45) is 6.33. The molecule has 0 saturated heterocycles. The molecule has 0 spiro atoms. The van der Waals surface area contributed by atoms with Gasteiger partial charge in [-0.3, -0.25) is 0 Å². The first kappa shape index (κ1) is 15.9. The molecule has 3 nitrogen and oxygen atoms in total. The highest BCUT2D eigenvalue weighted by molar-refractivity contribution is 5.86. The normalized spacial score (nSPS) is 16.3. The molecule has 1 aliphatic rings. The van der Waals surface area contributed by atoms with E-state index in [0.29, 0.717) is 0 Å². The topological polar surface area (TPSA) is 21.1 Å². The Bertz CT molecular complexity index is 1120. The Balaban J connectivity index is 1.60. The van der Waals surface area contributed by atoms with Crippen LogP contribution in [0.4, 0.5) is 5.95 Å². The quantitative estimate of drug-likeness (QED) is 0.482. The number of hydrogen-bond acceptors (Lipinski definition) is 2. The highest BCUT2D eigenvalue weighted by atomic mass is 15.3. The number of imidazole rings is 1. The molecule has 5 rings (SSSR count). The lowest BCUT2D eigenvalue weighted by Crippen LogP contribution is -2.30. The number of benzene rings is 3. The van der Waals surface area contributed by atoms with Crippen LogP contribution in [0.1, 0.15) is 24.1 Å². The molecule has 0 radical (unpaired) electrons. The minimum Gasteiger partial charge on any atom is -0.312 e. The zero-order chi connectivity index (χ0) is 18.2. The Morgan fingerprint density at radius 1 is 0.889 bits per heavy atom. The monoisotopic (exact) mass is 351 g/mol. The van der Waals surface area contributed by atoms with Crippen molar-refractivity contribution in [2.75, 3.05) is 4.90 Å². The van der Waals surface area contributed by atoms with Gasteiger partial charge in [0.25, 0.3) is 0 Å². The molecule has 0 saturated carbocycles. The maximum Gasteiger partial charge on any atom is 0.210 e. The first-order valence-electron chi connectivity index (χ1n) is 9.31. The molecule has 0 N–H and O–H groups in total. The van der Waals surface area contributed by atoms with E-state index in [2.05, 4.69) is 106 Å². The van der Waals surface area contributed by atoms with Gasteiger partial charge in [0.15, 0.2) is 0 Å². The lowest BCUT2D eigenvalue weighted by atomic mass is 9.97. The van der Waals surface area contributed by atoms with Crippen molar-refractivity contribution in [3.63, 3.8) is 0 Å². The summed E-state index contributed by atoms with van der Waals surface area (Å²) in [4.78, 5) is 6.98. The van der Waals surface area contributed by atoms with Crippen LogP contribution in [-0.2, 0) is 6.54 Å². The third kappa shape index (κ3) is 2.72. The van der Waals surface area contributed by atoms with Crippen molar-refractivity contribution in [3.8, 4) is 0 Å². The zero-order valence-corrected chi connectivity index (χ0v) is 15.3. The molecule has 3 aromatic carbocycles. The largest absolute Gasteiger partial charge is 0.312 e. The Morgan fingerprint density at radius 2 is 1.67 bits per heavy atom. The van der Waals surface area contributed by atoms with Crippen molar-refractivity contribution in [2.24, 2.45) is 0 Å². The van der Waals surface area contributed by atoms with Gasteiger partial charge < -0.3 is 9.47 Å². The van der Waals surface area contributed by atoms with Gasteiger partial charge >= 0.3 is 0 Å². The van der Waals surface area contributed by atoms with E-state index in [1.54, 1.807) is 0 Å². The summed E-state index contributed by atoms with van der Waals surface area (Å²) >= 11 is 0. The second kappa shape index (κ2) is 6.44. The SMILES string of the molecule is CC1=CC(c2cccc3ccccc23)n2ccnc2N1Cc1ccccc1. The summed E-state index contributed by atoms with van der Waals surface area (Å²) in [5.41, 5.74) is 3.82. The maximum atomic E-state index is 4.69. The molecular weight excluding hydrogens is 330 g/mol. The number of rotatable bonds is 3. The number of anilines is 1. The van der Waals surface area contributed by atoms with Gasteiger partial charge in [-0.15, -0.1) is 0 Å². The number of aromatic nitrogens is 2. The van der Waals surface area contributed by atoms with Crippen molar-refractivity contribution < 1.29 is 0 Å². The molecule has 3 heteroatoms. The minimum atomic E-state index is 0.153. The first-order valence-corrected chi connectivity index (χ1v) is 9.31. The summed E-state index contributed by atoms with van der Waals surface area (Å²) in [5.74, 6) is 0.997. The van der Waals surface area contributed by atoms with Crippen LogP contribution in [-0.4, -0.2) is 9.55 Å². The van der Waals surface area contributed by atoms with Gasteiger partial charge in [-0.05, 0) is 34.9 Å². The van der Waals surface area contributed by atoms with Gasteiger partial charge in [0.05, 0.1) is 12.6 Å². The van der Waals surface area contributed by atoms with Crippen molar-refractivity contribution in [2.45, 2.75) is 19.5 Å². The summed E-state index contributed by atoms with van der Waals surface area (Å²) in [7, 11) is 0. The molecule has 0 aliphatic carbocycles. The second-order valence-corrected chi connectivity index (χ2v) is 7.03. The number of nitrogens with zero attached hydrogens (tertiary/aromatic N) is 3. The van der Waals surface area contributed by atoms with Gasteiger partial charge in [0.2, 0.25) is 5.95 Å². The Hall–Kier alpha value is -3.33. The van der Waals surface area contributed by atoms with E-state index in [9.17, 15) is 0 Å². The summed E-state index contributed by atoms with van der Waals surface area (Å²) in [6.45, 7) is 3.00. The smallest absolute Gasteiger partial charge is 0.210 e. The van der Waals surface area contributed by atoms with Crippen LogP contribution in [0.25, 0.3) is 10.8 Å². The molecule has 1 aromatic heterocycles. The van der Waals surface area contributed by atoms with Crippen LogP contribution in [0.3, 0.4) is 0 Å². The van der Waals surface area contributed by atoms with Crippen LogP contribution in [0, 0.1) is 0 Å². The predicted molar refractivity (Wildman–Crippen MR) is 111 cm³/mol. The molecule has 0 fully saturated rings. The van der Waals surface area contributed by atoms with E-state index in [0.717, 1.165) is 12.5 Å². The van der Waals surface area contributed by atoms with E-state index in [1.165, 1.54) is 27.6 Å². The standard InChI is InChI=1S/C24H21N3/c1-18-16-23(22-13-7-11-20-10-5-6-12-21(20)22)26-15-14-25-24(26)27(18)17-19-8-3-2-4-9-19/h2-16,23H,17H2,1H3. The average molecular weight is 351 g/mol. The van der Waals surface area contributed by atoms with E-state index in [1.807, 2.05) is 6.20 Å². The van der Waals surface area contributed by atoms with E-state index in [-0.39, 0.29) is 6.04 Å². The second-order valence-electron chi connectivity index (χ2n) is 7.03. The van der Waals surface area contributed by atoms with Crippen molar-refractivity contribution >= 4 is 16.7 Å². The Labute approximate surface area is 159 Å². The van der Waals surface area contributed by atoms with Crippen LogP contribution >= 0.6 is 0 Å². The molecule has 132 valence electrons. The molecule has 0 bridgehead atoms. The molecule has 4 aromatic rings. The number of allylic oxidation sites excluding steroid dienone is 2. The van der Waals surface area contributed by atoms with Crippen molar-refractivity contribution in [1.82, 2.24) is 9.55 Å². The van der Waals surface area contributed by atoms with Crippen LogP contribution in [0.5, 0.6) is 0 Å². The van der Waals surface area contributed by atoms with Gasteiger partial charge in [-0.25, -0.2) is 4.98 Å². The van der Waals surface area contributed by atoms with Crippen LogP contribution in [0.2, 0.25) is 0 Å². The van der Waals surface area contributed by atoms with E-state index in [4.69, 9.17) is 0 Å². The summed E-state index contributed by atoms with van der Waals surface area (Å²) in [6, 6.07) is 25.9. The molecule has 1 aliphatic heterocycles. The average Bonchev–Trinajstić information content (AvgIpc) is 3.20. The molecule has 27 heavy (non-hydrogen) atoms. The molecule has 2 heterocycles. The summed E-state index contributed by atoms with van der Waals surface area (Å²) in [5, 5.41) is 2.57. The molecular formula is C24H21N3. The zero-order valence-electron chi connectivity index (χ0n) is 15.3. The molecule has 1 unspecified atom stereocenters. The Kier molecular flexibility index (Phi) is 3.79. The fourth-order valence-electron chi connectivity index (χ4n) is 4.00. The molecule has 1 atom stereocenters. The van der Waals surface area contributed by atoms with Gasteiger partial charge in [0.1, 0.15) is 0 Å². The maximum absolute atomic E-state index is 4.69. The van der Waals surface area contributed by atoms with E-state index >= 15 is 0 Å². The number of fused-ring (bicyclic) bond motifs is 2. The van der Waals surface area contributed by atoms with Crippen molar-refractivity contribution in [1.29, 1.82) is 0 Å². The number of hydrogen-bond donors (Lipinski definition) is 0. The van der Waals surface area contributed by atoms with Crippen LogP contribution in [0.15, 0.2) is 97.0 Å². The molecule has 0 amide bonds. The Morgan fingerprint density at radius 3 is 2.56 bits per heavy atom. The highest BCUT2D eigenvalue weighted by Gasteiger charge is 2.26. The first-order chi connectivity index (χ1) is 13.3. The van der Waals surface area contributed by atoms with Gasteiger partial charge in [-0.2, -0.15) is 0 Å². The lowest BCUT2D eigenvalue weighted by Gasteiger charge is -2.33. The van der Waals surface area contributed by atoms with Gasteiger partial charge in [-0.1, -0.05) is 72.8 Å². The third-order valence-corrected chi connectivity index (χ3v) is 5.34. The van der Waals surface area contributed by atoms with E-state index < -0.39 is 0 Å². The van der Waals surface area contributed by atoms with Crippen molar-refractivity contribution in [3.05, 3.63) is 108 Å². The highest BCUT2D eigenvalue weighted by Crippen LogP contribution is 2.36. The van der Waals surface area contributed by atoms with Crippen LogP contribution < -0.4 is 4.90 Å². The fourth-order valence-corrected chi connectivity index (χ4v) is 4.00. The fraction of sp³-hybridized carbons (Fsp3) is 0.125. The summed E-state index contributed by atoms with van der Waals surface area (Å²) < 4.78 is 2.28. The third-order valence-electron chi connectivity index (χ3n) is 5.34.